The van der Waals surface area contributed by atoms with Crippen LogP contribution < -0.4 is 5.32 Å². The molecule has 0 atom stereocenters. The van der Waals surface area contributed by atoms with Gasteiger partial charge >= 0.3 is 0 Å². The predicted molar refractivity (Wildman–Crippen MR) is 121 cm³/mol. The van der Waals surface area contributed by atoms with Crippen LogP contribution >= 0.6 is 11.8 Å². The molecule has 4 rings (SSSR count). The normalized spacial score (nSPS) is 10.6. The summed E-state index contributed by atoms with van der Waals surface area (Å²) in [5, 5.41) is 25.3. The first kappa shape index (κ1) is 21.3. The summed E-state index contributed by atoms with van der Waals surface area (Å²) >= 11 is 1.29. The number of nitrogens with zero attached hydrogens (tertiary/aromatic N) is 7. The predicted octanol–water partition coefficient (Wildman–Crippen LogP) is 3.48. The Morgan fingerprint density at radius 1 is 1.19 bits per heavy atom. The molecule has 9 nitrogen and oxygen atoms in total. The zero-order valence-corrected chi connectivity index (χ0v) is 18.2. The van der Waals surface area contributed by atoms with Crippen LogP contribution in [0.25, 0.3) is 17.1 Å². The maximum atomic E-state index is 12.6. The quantitative estimate of drug-likeness (QED) is 0.414. The molecule has 4 aromatic rings. The maximum Gasteiger partial charge on any atom is 0.235 e. The minimum Gasteiger partial charge on any atom is -0.310 e. The summed E-state index contributed by atoms with van der Waals surface area (Å²) in [6, 6.07) is 17.4. The highest BCUT2D eigenvalue weighted by Gasteiger charge is 2.18. The van der Waals surface area contributed by atoms with Crippen LogP contribution in [-0.4, -0.2) is 41.2 Å². The van der Waals surface area contributed by atoms with Gasteiger partial charge in [-0.1, -0.05) is 30.0 Å². The SMILES string of the molecule is Cc1cc(NC(=O)CSc2nnc(-c3cccnc3)n2-c2ccccc2)n(CCC#N)n1. The number of rotatable bonds is 8. The van der Waals surface area contributed by atoms with Crippen LogP contribution in [-0.2, 0) is 11.3 Å². The molecule has 3 aromatic heterocycles. The number of carbonyl (C=O) groups excluding carboxylic acids is 1. The Bertz CT molecular complexity index is 1240. The number of carbonyl (C=O) groups is 1. The third kappa shape index (κ3) is 4.84. The Labute approximate surface area is 189 Å². The Kier molecular flexibility index (Phi) is 6.57. The van der Waals surface area contributed by atoms with Crippen molar-refractivity contribution in [2.45, 2.75) is 25.0 Å². The second kappa shape index (κ2) is 9.89. The van der Waals surface area contributed by atoms with Gasteiger partial charge in [-0.25, -0.2) is 4.68 Å². The van der Waals surface area contributed by atoms with E-state index < -0.39 is 0 Å². The van der Waals surface area contributed by atoms with Crippen molar-refractivity contribution >= 4 is 23.5 Å². The molecule has 0 aliphatic rings. The first-order valence-corrected chi connectivity index (χ1v) is 10.9. The number of para-hydroxylation sites is 1. The number of nitriles is 1. The van der Waals surface area contributed by atoms with Gasteiger partial charge in [0, 0.05) is 29.7 Å². The molecule has 0 aliphatic heterocycles. The summed E-state index contributed by atoms with van der Waals surface area (Å²) in [5.41, 5.74) is 2.50. The summed E-state index contributed by atoms with van der Waals surface area (Å²) in [4.78, 5) is 16.8. The highest BCUT2D eigenvalue weighted by atomic mass is 32.2. The second-order valence-electron chi connectivity index (χ2n) is 6.86. The van der Waals surface area contributed by atoms with Crippen molar-refractivity contribution in [3.05, 3.63) is 66.6 Å². The maximum absolute atomic E-state index is 12.6. The molecule has 0 fully saturated rings. The lowest BCUT2D eigenvalue weighted by atomic mass is 10.2. The van der Waals surface area contributed by atoms with Crippen LogP contribution in [0.2, 0.25) is 0 Å². The summed E-state index contributed by atoms with van der Waals surface area (Å²) in [7, 11) is 0. The number of amides is 1. The fourth-order valence-corrected chi connectivity index (χ4v) is 3.89. The average molecular weight is 445 g/mol. The van der Waals surface area contributed by atoms with Gasteiger partial charge in [-0.15, -0.1) is 10.2 Å². The van der Waals surface area contributed by atoms with E-state index in [9.17, 15) is 4.79 Å². The van der Waals surface area contributed by atoms with E-state index in [0.717, 1.165) is 16.9 Å². The van der Waals surface area contributed by atoms with Crippen LogP contribution in [0.3, 0.4) is 0 Å². The molecule has 1 N–H and O–H groups in total. The van der Waals surface area contributed by atoms with E-state index in [1.807, 2.05) is 54.0 Å². The summed E-state index contributed by atoms with van der Waals surface area (Å²) in [6.07, 6.45) is 3.75. The topological polar surface area (TPSA) is 114 Å². The van der Waals surface area contributed by atoms with Gasteiger partial charge in [0.15, 0.2) is 11.0 Å². The first-order valence-electron chi connectivity index (χ1n) is 9.91. The van der Waals surface area contributed by atoms with Gasteiger partial charge in [0.05, 0.1) is 30.5 Å². The molecule has 1 amide bonds. The monoisotopic (exact) mass is 444 g/mol. The van der Waals surface area contributed by atoms with Crippen LogP contribution in [0.5, 0.6) is 0 Å². The van der Waals surface area contributed by atoms with Gasteiger partial charge in [0.2, 0.25) is 5.91 Å². The van der Waals surface area contributed by atoms with Gasteiger partial charge in [-0.05, 0) is 31.2 Å². The van der Waals surface area contributed by atoms with Crippen molar-refractivity contribution in [3.63, 3.8) is 0 Å². The molecule has 0 aliphatic carbocycles. The van der Waals surface area contributed by atoms with Gasteiger partial charge < -0.3 is 5.32 Å². The molecule has 0 bridgehead atoms. The molecule has 0 unspecified atom stereocenters. The second-order valence-corrected chi connectivity index (χ2v) is 7.80. The van der Waals surface area contributed by atoms with Gasteiger partial charge in [0.25, 0.3) is 0 Å². The van der Waals surface area contributed by atoms with Crippen LogP contribution in [0.15, 0.2) is 66.1 Å². The van der Waals surface area contributed by atoms with Crippen molar-refractivity contribution in [1.29, 1.82) is 5.26 Å². The lowest BCUT2D eigenvalue weighted by molar-refractivity contribution is -0.113. The largest absolute Gasteiger partial charge is 0.310 e. The Morgan fingerprint density at radius 3 is 2.78 bits per heavy atom. The van der Waals surface area contributed by atoms with Gasteiger partial charge in [-0.2, -0.15) is 10.4 Å². The van der Waals surface area contributed by atoms with E-state index in [1.165, 1.54) is 11.8 Å². The number of hydrogen-bond acceptors (Lipinski definition) is 7. The van der Waals surface area contributed by atoms with E-state index in [1.54, 1.807) is 23.1 Å². The molecule has 3 heterocycles. The number of nitrogens with one attached hydrogen (secondary N) is 1. The van der Waals surface area contributed by atoms with Gasteiger partial charge in [-0.3, -0.25) is 14.3 Å². The fraction of sp³-hybridized carbons (Fsp3) is 0.182. The zero-order valence-electron chi connectivity index (χ0n) is 17.3. The number of anilines is 1. The molecule has 0 saturated heterocycles. The van der Waals surface area contributed by atoms with E-state index in [-0.39, 0.29) is 11.7 Å². The van der Waals surface area contributed by atoms with E-state index in [2.05, 4.69) is 31.7 Å². The van der Waals surface area contributed by atoms with Crippen molar-refractivity contribution in [1.82, 2.24) is 29.5 Å². The molecule has 160 valence electrons. The molecule has 0 spiro atoms. The Morgan fingerprint density at radius 2 is 2.03 bits per heavy atom. The molecule has 10 heteroatoms. The molecule has 32 heavy (non-hydrogen) atoms. The third-order valence-electron chi connectivity index (χ3n) is 4.50. The third-order valence-corrected chi connectivity index (χ3v) is 5.43. The highest BCUT2D eigenvalue weighted by molar-refractivity contribution is 7.99. The Hall–Kier alpha value is -3.97. The number of pyridine rings is 1. The fourth-order valence-electron chi connectivity index (χ4n) is 3.14. The van der Waals surface area contributed by atoms with E-state index in [4.69, 9.17) is 5.26 Å². The summed E-state index contributed by atoms with van der Waals surface area (Å²) in [6.45, 7) is 2.26. The van der Waals surface area contributed by atoms with Gasteiger partial charge in [0.1, 0.15) is 5.82 Å². The number of hydrogen-bond donors (Lipinski definition) is 1. The molecule has 1 aromatic carbocycles. The number of aryl methyl sites for hydroxylation is 2. The lowest BCUT2D eigenvalue weighted by Crippen LogP contribution is -2.18. The van der Waals surface area contributed by atoms with E-state index in [0.29, 0.717) is 29.8 Å². The first-order chi connectivity index (χ1) is 15.7. The molecule has 0 saturated carbocycles. The zero-order chi connectivity index (χ0) is 22.3. The van der Waals surface area contributed by atoms with E-state index >= 15 is 0 Å². The minimum absolute atomic E-state index is 0.139. The van der Waals surface area contributed by atoms with Crippen LogP contribution in [0.1, 0.15) is 12.1 Å². The number of thioether (sulfide) groups is 1. The number of aromatic nitrogens is 6. The number of benzene rings is 1. The molecule has 0 radical (unpaired) electrons. The average Bonchev–Trinajstić information content (AvgIpc) is 3.40. The Balaban J connectivity index is 1.53. The van der Waals surface area contributed by atoms with Crippen molar-refractivity contribution in [3.8, 4) is 23.1 Å². The standard InChI is InChI=1S/C22H20N8OS/c1-16-13-19(29(28-16)12-6-10-23)25-20(31)15-32-22-27-26-21(17-7-5-11-24-14-17)30(22)18-8-3-2-4-9-18/h2-5,7-9,11,13-14H,6,12,15H2,1H3,(H,25,31). The summed E-state index contributed by atoms with van der Waals surface area (Å²) < 4.78 is 3.55. The van der Waals surface area contributed by atoms with Crippen molar-refractivity contribution < 1.29 is 4.79 Å². The highest BCUT2D eigenvalue weighted by Crippen LogP contribution is 2.27. The van der Waals surface area contributed by atoms with Crippen molar-refractivity contribution in [2.24, 2.45) is 0 Å². The van der Waals surface area contributed by atoms with Crippen LogP contribution in [0.4, 0.5) is 5.82 Å². The summed E-state index contributed by atoms with van der Waals surface area (Å²) in [5.74, 6) is 1.17. The minimum atomic E-state index is -0.196. The smallest absolute Gasteiger partial charge is 0.235 e. The van der Waals surface area contributed by atoms with Crippen molar-refractivity contribution in [2.75, 3.05) is 11.1 Å². The lowest BCUT2D eigenvalue weighted by Gasteiger charge is -2.10. The molecular formula is C22H20N8OS. The molecular weight excluding hydrogens is 424 g/mol. The van der Waals surface area contributed by atoms with Crippen LogP contribution in [0, 0.1) is 18.3 Å².